The first-order valence-corrected chi connectivity index (χ1v) is 12.4. The van der Waals surface area contributed by atoms with Gasteiger partial charge in [-0.1, -0.05) is 55.8 Å². The molecule has 0 saturated carbocycles. The zero-order valence-corrected chi connectivity index (χ0v) is 22.3. The number of hydrazone groups is 1. The second kappa shape index (κ2) is 13.6. The number of hydrogen-bond acceptors (Lipinski definition) is 5. The molecule has 0 spiro atoms. The maximum absolute atomic E-state index is 12.9. The van der Waals surface area contributed by atoms with Gasteiger partial charge in [0.15, 0.2) is 6.61 Å². The summed E-state index contributed by atoms with van der Waals surface area (Å²) >= 11 is 6.02. The molecular formula is C28H26ClF3N4O4. The van der Waals surface area contributed by atoms with E-state index in [1.165, 1.54) is 36.5 Å². The molecule has 0 aliphatic heterocycles. The van der Waals surface area contributed by atoms with Gasteiger partial charge in [-0.2, -0.15) is 18.3 Å². The van der Waals surface area contributed by atoms with E-state index in [2.05, 4.69) is 35.0 Å². The summed E-state index contributed by atoms with van der Waals surface area (Å²) in [5.74, 6) is -2.07. The molecule has 0 saturated heterocycles. The van der Waals surface area contributed by atoms with E-state index in [0.29, 0.717) is 10.9 Å². The summed E-state index contributed by atoms with van der Waals surface area (Å²) in [4.78, 5) is 36.5. The van der Waals surface area contributed by atoms with Gasteiger partial charge in [0.1, 0.15) is 5.75 Å². The highest BCUT2D eigenvalue weighted by Gasteiger charge is 2.30. The minimum absolute atomic E-state index is 0.0464. The number of amides is 3. The molecule has 3 aromatic rings. The van der Waals surface area contributed by atoms with Crippen molar-refractivity contribution in [2.24, 2.45) is 5.10 Å². The fraction of sp³-hybridized carbons (Fsp3) is 0.214. The van der Waals surface area contributed by atoms with Crippen molar-refractivity contribution in [1.29, 1.82) is 0 Å². The standard InChI is InChI=1S/C28H26ClF3N4O4/c1-17(2)19-8-6-18(7-9-19)14-33-26(38)27(39)36-34-15-20-12-22(29)10-11-24(20)40-16-25(37)35-23-5-3-4-21(13-23)28(30,31)32/h3-13,15,17H,14,16H2,1-2H3,(H,33,38)(H,35,37)(H,36,39)/b34-15-. The molecular weight excluding hydrogens is 549 g/mol. The van der Waals surface area contributed by atoms with Gasteiger partial charge in [0.25, 0.3) is 5.91 Å². The number of nitrogens with zero attached hydrogens (tertiary/aromatic N) is 1. The molecule has 210 valence electrons. The average Bonchev–Trinajstić information content (AvgIpc) is 2.91. The molecule has 12 heteroatoms. The van der Waals surface area contributed by atoms with Gasteiger partial charge in [-0.25, -0.2) is 5.43 Å². The number of carbonyl (C=O) groups excluding carboxylic acids is 3. The quantitative estimate of drug-likeness (QED) is 0.184. The number of anilines is 1. The molecule has 0 unspecified atom stereocenters. The normalized spacial score (nSPS) is 11.4. The van der Waals surface area contributed by atoms with Gasteiger partial charge in [0.2, 0.25) is 0 Å². The summed E-state index contributed by atoms with van der Waals surface area (Å²) in [5.41, 5.74) is 3.40. The van der Waals surface area contributed by atoms with Crippen LogP contribution in [0.4, 0.5) is 18.9 Å². The summed E-state index contributed by atoms with van der Waals surface area (Å²) in [7, 11) is 0. The highest BCUT2D eigenvalue weighted by molar-refractivity contribution is 6.35. The van der Waals surface area contributed by atoms with Crippen LogP contribution in [0.2, 0.25) is 5.02 Å². The van der Waals surface area contributed by atoms with Crippen LogP contribution in [0, 0.1) is 0 Å². The predicted molar refractivity (Wildman–Crippen MR) is 145 cm³/mol. The summed E-state index contributed by atoms with van der Waals surface area (Å²) in [6.07, 6.45) is -3.38. The van der Waals surface area contributed by atoms with E-state index in [9.17, 15) is 27.6 Å². The molecule has 0 aliphatic carbocycles. The minimum Gasteiger partial charge on any atom is -0.483 e. The molecule has 3 rings (SSSR count). The Hall–Kier alpha value is -4.38. The van der Waals surface area contributed by atoms with Crippen molar-refractivity contribution >= 4 is 41.2 Å². The van der Waals surface area contributed by atoms with Crippen LogP contribution in [0.5, 0.6) is 5.75 Å². The molecule has 8 nitrogen and oxygen atoms in total. The van der Waals surface area contributed by atoms with E-state index in [1.54, 1.807) is 0 Å². The van der Waals surface area contributed by atoms with Crippen LogP contribution in [0.25, 0.3) is 0 Å². The lowest BCUT2D eigenvalue weighted by atomic mass is 10.0. The SMILES string of the molecule is CC(C)c1ccc(CNC(=O)C(=O)N/N=C\c2cc(Cl)ccc2OCC(=O)Nc2cccc(C(F)(F)F)c2)cc1. The highest BCUT2D eigenvalue weighted by atomic mass is 35.5. The lowest BCUT2D eigenvalue weighted by Gasteiger charge is -2.11. The molecule has 3 amide bonds. The molecule has 0 atom stereocenters. The van der Waals surface area contributed by atoms with Crippen LogP contribution in [-0.2, 0) is 27.1 Å². The zero-order chi connectivity index (χ0) is 29.3. The first kappa shape index (κ1) is 30.2. The topological polar surface area (TPSA) is 109 Å². The van der Waals surface area contributed by atoms with Crippen molar-refractivity contribution in [3.8, 4) is 5.75 Å². The van der Waals surface area contributed by atoms with E-state index < -0.39 is 36.1 Å². The molecule has 40 heavy (non-hydrogen) atoms. The Bertz CT molecular complexity index is 1390. The Morgan fingerprint density at radius 3 is 2.40 bits per heavy atom. The minimum atomic E-state index is -4.55. The zero-order valence-electron chi connectivity index (χ0n) is 21.5. The number of nitrogens with one attached hydrogen (secondary N) is 3. The van der Waals surface area contributed by atoms with E-state index in [0.717, 1.165) is 23.3 Å². The fourth-order valence-electron chi connectivity index (χ4n) is 3.36. The maximum atomic E-state index is 12.9. The Morgan fingerprint density at radius 2 is 1.73 bits per heavy atom. The number of halogens is 4. The Kier molecular flexibility index (Phi) is 10.3. The number of benzene rings is 3. The van der Waals surface area contributed by atoms with Gasteiger partial charge in [0.05, 0.1) is 11.8 Å². The van der Waals surface area contributed by atoms with Crippen molar-refractivity contribution in [1.82, 2.24) is 10.7 Å². The summed E-state index contributed by atoms with van der Waals surface area (Å²) in [5, 5.41) is 8.88. The average molecular weight is 575 g/mol. The first-order chi connectivity index (χ1) is 18.9. The van der Waals surface area contributed by atoms with E-state index in [1.807, 2.05) is 24.3 Å². The van der Waals surface area contributed by atoms with Crippen LogP contribution in [0.3, 0.4) is 0 Å². The van der Waals surface area contributed by atoms with Crippen molar-refractivity contribution in [3.63, 3.8) is 0 Å². The Balaban J connectivity index is 1.53. The number of rotatable bonds is 9. The molecule has 0 radical (unpaired) electrons. The largest absolute Gasteiger partial charge is 0.483 e. The Labute approximate surface area is 233 Å². The second-order valence-corrected chi connectivity index (χ2v) is 9.31. The van der Waals surface area contributed by atoms with Crippen LogP contribution in [-0.4, -0.2) is 30.5 Å². The van der Waals surface area contributed by atoms with Crippen molar-refractivity contribution in [2.45, 2.75) is 32.5 Å². The molecule has 3 aromatic carbocycles. The summed E-state index contributed by atoms with van der Waals surface area (Å²) < 4.78 is 44.1. The van der Waals surface area contributed by atoms with Gasteiger partial charge < -0.3 is 15.4 Å². The van der Waals surface area contributed by atoms with Crippen molar-refractivity contribution in [2.75, 3.05) is 11.9 Å². The monoisotopic (exact) mass is 574 g/mol. The van der Waals surface area contributed by atoms with Crippen LogP contribution < -0.4 is 20.8 Å². The molecule has 0 heterocycles. The van der Waals surface area contributed by atoms with Gasteiger partial charge in [-0.05, 0) is 53.4 Å². The van der Waals surface area contributed by atoms with E-state index in [-0.39, 0.29) is 23.5 Å². The fourth-order valence-corrected chi connectivity index (χ4v) is 3.54. The van der Waals surface area contributed by atoms with Crippen LogP contribution in [0.1, 0.15) is 42.0 Å². The summed E-state index contributed by atoms with van der Waals surface area (Å²) in [6, 6.07) is 16.2. The van der Waals surface area contributed by atoms with E-state index >= 15 is 0 Å². The second-order valence-electron chi connectivity index (χ2n) is 8.88. The predicted octanol–water partition coefficient (Wildman–Crippen LogP) is 5.27. The number of ether oxygens (including phenoxy) is 1. The lowest BCUT2D eigenvalue weighted by Crippen LogP contribution is -2.37. The smallest absolute Gasteiger partial charge is 0.416 e. The van der Waals surface area contributed by atoms with Gasteiger partial charge in [-0.15, -0.1) is 0 Å². The van der Waals surface area contributed by atoms with Crippen LogP contribution >= 0.6 is 11.6 Å². The molecule has 0 bridgehead atoms. The van der Waals surface area contributed by atoms with Gasteiger partial charge in [0, 0.05) is 22.8 Å². The van der Waals surface area contributed by atoms with Crippen LogP contribution in [0.15, 0.2) is 71.8 Å². The number of alkyl halides is 3. The molecule has 0 aliphatic rings. The Morgan fingerprint density at radius 1 is 1.00 bits per heavy atom. The molecule has 3 N–H and O–H groups in total. The van der Waals surface area contributed by atoms with Gasteiger partial charge >= 0.3 is 18.0 Å². The summed E-state index contributed by atoms with van der Waals surface area (Å²) in [6.45, 7) is 3.76. The molecule has 0 aromatic heterocycles. The van der Waals surface area contributed by atoms with Gasteiger partial charge in [-0.3, -0.25) is 14.4 Å². The molecule has 0 fully saturated rings. The first-order valence-electron chi connectivity index (χ1n) is 12.0. The number of hydrogen-bond donors (Lipinski definition) is 3. The number of carbonyl (C=O) groups is 3. The third-order valence-electron chi connectivity index (χ3n) is 5.48. The van der Waals surface area contributed by atoms with E-state index in [4.69, 9.17) is 16.3 Å². The lowest BCUT2D eigenvalue weighted by molar-refractivity contribution is -0.139. The third-order valence-corrected chi connectivity index (χ3v) is 5.71. The third kappa shape index (κ3) is 9.12. The highest BCUT2D eigenvalue weighted by Crippen LogP contribution is 2.30. The van der Waals surface area contributed by atoms with Crippen molar-refractivity contribution in [3.05, 3.63) is 94.0 Å². The van der Waals surface area contributed by atoms with Crippen molar-refractivity contribution < 1.29 is 32.3 Å². The maximum Gasteiger partial charge on any atom is 0.416 e.